The Labute approximate surface area is 88.1 Å². The molecule has 1 aromatic heterocycles. The summed E-state index contributed by atoms with van der Waals surface area (Å²) < 4.78 is 1.98. The molecule has 0 amide bonds. The zero-order valence-corrected chi connectivity index (χ0v) is 8.74. The average molecular weight is 206 g/mol. The first-order valence-corrected chi connectivity index (χ1v) is 5.03. The van der Waals surface area contributed by atoms with E-state index < -0.39 is 0 Å². The first-order chi connectivity index (χ1) is 7.29. The molecule has 1 atom stereocenters. The molecule has 2 heterocycles. The highest BCUT2D eigenvalue weighted by atomic mass is 15.3. The van der Waals surface area contributed by atoms with E-state index in [0.29, 0.717) is 12.6 Å². The maximum absolute atomic E-state index is 8.20. The normalized spacial score (nSPS) is 21.5. The molecule has 6 nitrogen and oxygen atoms in total. The van der Waals surface area contributed by atoms with Crippen molar-refractivity contribution in [2.75, 3.05) is 20.1 Å². The molecular formula is C9H14N6. The predicted molar refractivity (Wildman–Crippen MR) is 56.2 cm³/mol. The molecule has 1 aliphatic rings. The smallest absolute Gasteiger partial charge is 0.0702 e. The number of hydrogen-bond donors (Lipinski definition) is 0. The zero-order valence-electron chi connectivity index (χ0n) is 8.74. The highest BCUT2D eigenvalue weighted by Gasteiger charge is 2.21. The minimum Gasteiger partial charge on any atom is -0.304 e. The Morgan fingerprint density at radius 1 is 1.73 bits per heavy atom. The van der Waals surface area contributed by atoms with E-state index in [0.717, 1.165) is 25.2 Å². The lowest BCUT2D eigenvalue weighted by atomic mass is 10.3. The van der Waals surface area contributed by atoms with Crippen LogP contribution < -0.4 is 0 Å². The van der Waals surface area contributed by atoms with Crippen LogP contribution >= 0.6 is 0 Å². The van der Waals surface area contributed by atoms with E-state index in [-0.39, 0.29) is 0 Å². The second-order valence-corrected chi connectivity index (χ2v) is 3.88. The summed E-state index contributed by atoms with van der Waals surface area (Å²) in [5, 5.41) is 7.88. The van der Waals surface area contributed by atoms with Crippen molar-refractivity contribution in [3.05, 3.63) is 28.4 Å². The highest BCUT2D eigenvalue weighted by molar-refractivity contribution is 5.00. The van der Waals surface area contributed by atoms with E-state index in [1.54, 1.807) is 0 Å². The van der Waals surface area contributed by atoms with Crippen LogP contribution in [-0.2, 0) is 6.54 Å². The number of aromatic nitrogens is 2. The fraction of sp³-hybridized carbons (Fsp3) is 0.667. The molecule has 1 aliphatic heterocycles. The van der Waals surface area contributed by atoms with Gasteiger partial charge < -0.3 is 4.90 Å². The maximum atomic E-state index is 8.20. The first kappa shape index (κ1) is 10.0. The lowest BCUT2D eigenvalue weighted by Gasteiger charge is -2.10. The van der Waals surface area contributed by atoms with Crippen molar-refractivity contribution in [1.82, 2.24) is 14.7 Å². The van der Waals surface area contributed by atoms with Gasteiger partial charge in [-0.15, -0.1) is 0 Å². The molecule has 0 saturated carbocycles. The molecule has 0 N–H and O–H groups in total. The summed E-state index contributed by atoms with van der Waals surface area (Å²) in [6, 6.07) is 2.38. The van der Waals surface area contributed by atoms with Gasteiger partial charge in [0.05, 0.1) is 18.3 Å². The Bertz CT molecular complexity index is 378. The summed E-state index contributed by atoms with van der Waals surface area (Å²) in [6.07, 6.45) is 3.10. The third-order valence-corrected chi connectivity index (χ3v) is 2.70. The molecule has 80 valence electrons. The molecule has 6 heteroatoms. The van der Waals surface area contributed by atoms with Crippen LogP contribution in [0.5, 0.6) is 0 Å². The molecule has 0 aliphatic carbocycles. The van der Waals surface area contributed by atoms with E-state index in [1.165, 1.54) is 0 Å². The molecule has 0 bridgehead atoms. The average Bonchev–Trinajstić information content (AvgIpc) is 2.83. The largest absolute Gasteiger partial charge is 0.304 e. The van der Waals surface area contributed by atoms with Crippen LogP contribution in [0.15, 0.2) is 17.4 Å². The highest BCUT2D eigenvalue weighted by Crippen LogP contribution is 2.19. The van der Waals surface area contributed by atoms with Crippen molar-refractivity contribution in [3.8, 4) is 0 Å². The van der Waals surface area contributed by atoms with Crippen LogP contribution in [0.2, 0.25) is 0 Å². The number of nitrogens with zero attached hydrogens (tertiary/aromatic N) is 6. The van der Waals surface area contributed by atoms with E-state index >= 15 is 0 Å². The topological polar surface area (TPSA) is 69.8 Å². The lowest BCUT2D eigenvalue weighted by Crippen LogP contribution is -2.16. The van der Waals surface area contributed by atoms with Gasteiger partial charge in [-0.05, 0) is 31.6 Å². The number of rotatable bonds is 3. The predicted octanol–water partition coefficient (Wildman–Crippen LogP) is 1.57. The van der Waals surface area contributed by atoms with Gasteiger partial charge >= 0.3 is 0 Å². The molecular weight excluding hydrogens is 192 g/mol. The van der Waals surface area contributed by atoms with Gasteiger partial charge in [-0.3, -0.25) is 4.68 Å². The van der Waals surface area contributed by atoms with Crippen LogP contribution in [0.25, 0.3) is 10.4 Å². The van der Waals surface area contributed by atoms with Crippen molar-refractivity contribution in [1.29, 1.82) is 0 Å². The Balaban J connectivity index is 2.03. The SMILES string of the molecule is CN1CCC(n2ccc(CN=[N+]=[N-])n2)C1. The Hall–Kier alpha value is -1.52. The Morgan fingerprint density at radius 2 is 2.60 bits per heavy atom. The summed E-state index contributed by atoms with van der Waals surface area (Å²) in [6.45, 7) is 2.50. The van der Waals surface area contributed by atoms with Gasteiger partial charge in [0.15, 0.2) is 0 Å². The van der Waals surface area contributed by atoms with Crippen LogP contribution in [-0.4, -0.2) is 34.8 Å². The molecule has 0 spiro atoms. The fourth-order valence-corrected chi connectivity index (χ4v) is 1.90. The van der Waals surface area contributed by atoms with Crippen molar-refractivity contribution < 1.29 is 0 Å². The number of likely N-dealkylation sites (tertiary alicyclic amines) is 1. The van der Waals surface area contributed by atoms with Gasteiger partial charge in [0.1, 0.15) is 0 Å². The fourth-order valence-electron chi connectivity index (χ4n) is 1.90. The monoisotopic (exact) mass is 206 g/mol. The van der Waals surface area contributed by atoms with E-state index in [4.69, 9.17) is 5.53 Å². The molecule has 2 rings (SSSR count). The van der Waals surface area contributed by atoms with Gasteiger partial charge in [-0.25, -0.2) is 0 Å². The maximum Gasteiger partial charge on any atom is 0.0702 e. The van der Waals surface area contributed by atoms with E-state index in [2.05, 4.69) is 27.1 Å². The molecule has 1 saturated heterocycles. The van der Waals surface area contributed by atoms with E-state index in [9.17, 15) is 0 Å². The van der Waals surface area contributed by atoms with Gasteiger partial charge in [0.25, 0.3) is 0 Å². The zero-order chi connectivity index (χ0) is 10.7. The Morgan fingerprint density at radius 3 is 3.27 bits per heavy atom. The summed E-state index contributed by atoms with van der Waals surface area (Å²) in [4.78, 5) is 5.01. The van der Waals surface area contributed by atoms with Crippen molar-refractivity contribution >= 4 is 0 Å². The summed E-state index contributed by atoms with van der Waals surface area (Å²) in [7, 11) is 2.12. The molecule has 1 aromatic rings. The van der Waals surface area contributed by atoms with Crippen LogP contribution in [0.4, 0.5) is 0 Å². The Kier molecular flexibility index (Phi) is 2.89. The van der Waals surface area contributed by atoms with Crippen LogP contribution in [0.3, 0.4) is 0 Å². The van der Waals surface area contributed by atoms with Crippen molar-refractivity contribution in [2.45, 2.75) is 19.0 Å². The lowest BCUT2D eigenvalue weighted by molar-refractivity contribution is 0.381. The molecule has 15 heavy (non-hydrogen) atoms. The van der Waals surface area contributed by atoms with Crippen molar-refractivity contribution in [3.63, 3.8) is 0 Å². The second-order valence-electron chi connectivity index (χ2n) is 3.88. The van der Waals surface area contributed by atoms with Gasteiger partial charge in [-0.2, -0.15) is 5.10 Å². The molecule has 1 unspecified atom stereocenters. The number of likely N-dealkylation sites (N-methyl/N-ethyl adjacent to an activating group) is 1. The minimum atomic E-state index is 0.339. The minimum absolute atomic E-state index is 0.339. The van der Waals surface area contributed by atoms with E-state index in [1.807, 2.05) is 16.9 Å². The van der Waals surface area contributed by atoms with Crippen LogP contribution in [0.1, 0.15) is 18.2 Å². The second kappa shape index (κ2) is 4.33. The quantitative estimate of drug-likeness (QED) is 0.428. The molecule has 1 fully saturated rings. The summed E-state index contributed by atoms with van der Waals surface area (Å²) >= 11 is 0. The summed E-state index contributed by atoms with van der Waals surface area (Å²) in [5.74, 6) is 0. The molecule has 0 radical (unpaired) electrons. The third-order valence-electron chi connectivity index (χ3n) is 2.70. The standard InChI is InChI=1S/C9H14N6/c1-14-4-3-9(7-14)15-5-2-8(12-15)6-11-13-10/h2,5,9H,3-4,6-7H2,1H3. The molecule has 0 aromatic carbocycles. The van der Waals surface area contributed by atoms with Gasteiger partial charge in [0, 0.05) is 17.7 Å². The van der Waals surface area contributed by atoms with Gasteiger partial charge in [0.2, 0.25) is 0 Å². The van der Waals surface area contributed by atoms with Crippen molar-refractivity contribution in [2.24, 2.45) is 5.11 Å². The van der Waals surface area contributed by atoms with Crippen LogP contribution in [0, 0.1) is 0 Å². The number of azide groups is 1. The number of hydrogen-bond acceptors (Lipinski definition) is 3. The third kappa shape index (κ3) is 2.29. The summed E-state index contributed by atoms with van der Waals surface area (Å²) in [5.41, 5.74) is 9.03. The van der Waals surface area contributed by atoms with Gasteiger partial charge in [-0.1, -0.05) is 5.11 Å². The first-order valence-electron chi connectivity index (χ1n) is 5.03.